The molecule has 1 aromatic carbocycles. The maximum Gasteiger partial charge on any atom is 0.191 e. The highest BCUT2D eigenvalue weighted by atomic mass is 19.1. The van der Waals surface area contributed by atoms with Crippen LogP contribution in [0.25, 0.3) is 0 Å². The topological polar surface area (TPSA) is 73.0 Å². The zero-order chi connectivity index (χ0) is 19.9. The summed E-state index contributed by atoms with van der Waals surface area (Å²) in [5.41, 5.74) is -0.184. The fourth-order valence-electron chi connectivity index (χ4n) is 2.71. The summed E-state index contributed by atoms with van der Waals surface area (Å²) in [6.45, 7) is 5.07. The van der Waals surface area contributed by atoms with Crippen molar-refractivity contribution in [3.8, 4) is 0 Å². The van der Waals surface area contributed by atoms with E-state index in [-0.39, 0.29) is 18.4 Å². The van der Waals surface area contributed by atoms with E-state index in [0.717, 1.165) is 5.56 Å². The average Bonchev–Trinajstić information content (AvgIpc) is 3.16. The third-order valence-corrected chi connectivity index (χ3v) is 4.28. The van der Waals surface area contributed by atoms with Crippen LogP contribution < -0.4 is 10.6 Å². The van der Waals surface area contributed by atoms with Crippen LogP contribution in [0, 0.1) is 5.82 Å². The lowest BCUT2D eigenvalue weighted by Crippen LogP contribution is -2.42. The van der Waals surface area contributed by atoms with E-state index in [1.807, 2.05) is 21.0 Å². The van der Waals surface area contributed by atoms with Gasteiger partial charge in [-0.2, -0.15) is 0 Å². The van der Waals surface area contributed by atoms with Crippen LogP contribution >= 0.6 is 0 Å². The number of rotatable bonds is 8. The molecule has 0 saturated heterocycles. The van der Waals surface area contributed by atoms with E-state index >= 15 is 0 Å². The van der Waals surface area contributed by atoms with Gasteiger partial charge in [0.1, 0.15) is 17.2 Å². The number of guanidine groups is 1. The van der Waals surface area contributed by atoms with Crippen LogP contribution in [0.2, 0.25) is 0 Å². The maximum atomic E-state index is 13.2. The monoisotopic (exact) mass is 376 g/mol. The average molecular weight is 376 g/mol. The molecule has 1 aromatic heterocycles. The number of aliphatic imine (C=N–C) groups is 1. The van der Waals surface area contributed by atoms with E-state index in [1.54, 1.807) is 31.2 Å². The fraction of sp³-hybridized carbons (Fsp3) is 0.450. The van der Waals surface area contributed by atoms with Gasteiger partial charge in [-0.05, 0) is 57.8 Å². The molecule has 0 aliphatic heterocycles. The summed E-state index contributed by atoms with van der Waals surface area (Å²) in [6.07, 6.45) is 1.53. The SMILES string of the molecule is CCNC(=NCC(C)(O)c1ccco1)NCC(c1ccc(F)cc1)N(C)C. The van der Waals surface area contributed by atoms with Crippen LogP contribution in [0.15, 0.2) is 52.1 Å². The molecular weight excluding hydrogens is 347 g/mol. The number of aliphatic hydroxyl groups is 1. The molecule has 0 bridgehead atoms. The van der Waals surface area contributed by atoms with E-state index in [9.17, 15) is 9.50 Å². The van der Waals surface area contributed by atoms with Crippen molar-refractivity contribution in [2.45, 2.75) is 25.5 Å². The Balaban J connectivity index is 2.06. The molecule has 2 unspecified atom stereocenters. The van der Waals surface area contributed by atoms with Crippen molar-refractivity contribution in [1.82, 2.24) is 15.5 Å². The minimum absolute atomic E-state index is 0.0417. The first-order valence-corrected chi connectivity index (χ1v) is 9.04. The Bertz CT molecular complexity index is 712. The van der Waals surface area contributed by atoms with Gasteiger partial charge >= 0.3 is 0 Å². The zero-order valence-corrected chi connectivity index (χ0v) is 16.4. The van der Waals surface area contributed by atoms with E-state index in [4.69, 9.17) is 4.42 Å². The number of nitrogens with zero attached hydrogens (tertiary/aromatic N) is 2. The fourth-order valence-corrected chi connectivity index (χ4v) is 2.71. The standard InChI is InChI=1S/C20H29FN4O2/c1-5-22-19(24-14-20(2,26)18-7-6-12-27-18)23-13-17(25(3)4)15-8-10-16(21)11-9-15/h6-12,17,26H,5,13-14H2,1-4H3,(H2,22,23,24). The molecule has 0 amide bonds. The van der Waals surface area contributed by atoms with Gasteiger partial charge in [-0.1, -0.05) is 12.1 Å². The van der Waals surface area contributed by atoms with Crippen LogP contribution in [0.1, 0.15) is 31.2 Å². The van der Waals surface area contributed by atoms with Crippen LogP contribution in [0.4, 0.5) is 4.39 Å². The van der Waals surface area contributed by atoms with Crippen LogP contribution in [-0.2, 0) is 5.60 Å². The first kappa shape index (κ1) is 20.9. The molecule has 3 N–H and O–H groups in total. The lowest BCUT2D eigenvalue weighted by Gasteiger charge is -2.26. The van der Waals surface area contributed by atoms with Crippen LogP contribution in [-0.4, -0.2) is 49.7 Å². The molecule has 0 aliphatic carbocycles. The molecule has 2 atom stereocenters. The Morgan fingerprint density at radius 2 is 1.96 bits per heavy atom. The molecule has 0 spiro atoms. The zero-order valence-electron chi connectivity index (χ0n) is 16.4. The minimum atomic E-state index is -1.19. The van der Waals surface area contributed by atoms with Crippen LogP contribution in [0.3, 0.4) is 0 Å². The summed E-state index contributed by atoms with van der Waals surface area (Å²) >= 11 is 0. The number of halogens is 1. The highest BCUT2D eigenvalue weighted by Crippen LogP contribution is 2.21. The highest BCUT2D eigenvalue weighted by Gasteiger charge is 2.26. The van der Waals surface area contributed by atoms with Gasteiger partial charge in [-0.25, -0.2) is 9.38 Å². The predicted molar refractivity (Wildman–Crippen MR) is 105 cm³/mol. The molecule has 1 heterocycles. The largest absolute Gasteiger partial charge is 0.466 e. The van der Waals surface area contributed by atoms with Gasteiger partial charge in [0.2, 0.25) is 0 Å². The van der Waals surface area contributed by atoms with Gasteiger partial charge in [0.05, 0.1) is 18.8 Å². The van der Waals surface area contributed by atoms with Crippen molar-refractivity contribution in [2.75, 3.05) is 33.7 Å². The maximum absolute atomic E-state index is 13.2. The highest BCUT2D eigenvalue weighted by molar-refractivity contribution is 5.79. The van der Waals surface area contributed by atoms with E-state index in [1.165, 1.54) is 18.4 Å². The summed E-state index contributed by atoms with van der Waals surface area (Å²) in [7, 11) is 3.95. The third-order valence-electron chi connectivity index (χ3n) is 4.28. The molecule has 6 nitrogen and oxygen atoms in total. The molecule has 2 aromatic rings. The lowest BCUT2D eigenvalue weighted by atomic mass is 10.0. The molecule has 7 heteroatoms. The first-order chi connectivity index (χ1) is 12.8. The number of furan rings is 1. The molecule has 0 fully saturated rings. The third kappa shape index (κ3) is 6.08. The smallest absolute Gasteiger partial charge is 0.191 e. The van der Waals surface area contributed by atoms with Crippen LogP contribution in [0.5, 0.6) is 0 Å². The van der Waals surface area contributed by atoms with Gasteiger partial charge in [0, 0.05) is 13.1 Å². The number of likely N-dealkylation sites (N-methyl/N-ethyl adjacent to an activating group) is 1. The first-order valence-electron chi connectivity index (χ1n) is 9.04. The molecular formula is C20H29FN4O2. The second kappa shape index (κ2) is 9.53. The predicted octanol–water partition coefficient (Wildman–Crippen LogP) is 2.48. The molecule has 0 radical (unpaired) electrons. The van der Waals surface area contributed by atoms with Gasteiger partial charge in [0.25, 0.3) is 0 Å². The molecule has 0 saturated carbocycles. The van der Waals surface area contributed by atoms with Crippen molar-refractivity contribution in [3.63, 3.8) is 0 Å². The Hall–Kier alpha value is -2.38. The Morgan fingerprint density at radius 3 is 2.52 bits per heavy atom. The van der Waals surface area contributed by atoms with Gasteiger partial charge in [-0.3, -0.25) is 0 Å². The normalized spacial score (nSPS) is 15.4. The Morgan fingerprint density at radius 1 is 1.26 bits per heavy atom. The molecule has 2 rings (SSSR count). The van der Waals surface area contributed by atoms with Gasteiger partial charge in [0.15, 0.2) is 5.96 Å². The minimum Gasteiger partial charge on any atom is -0.466 e. The van der Waals surface area contributed by atoms with Crippen molar-refractivity contribution >= 4 is 5.96 Å². The summed E-state index contributed by atoms with van der Waals surface area (Å²) in [4.78, 5) is 6.54. The number of hydrogen-bond acceptors (Lipinski definition) is 4. The van der Waals surface area contributed by atoms with Gasteiger partial charge < -0.3 is 25.1 Å². The molecule has 148 valence electrons. The van der Waals surface area contributed by atoms with Crippen molar-refractivity contribution in [1.29, 1.82) is 0 Å². The van der Waals surface area contributed by atoms with Crippen molar-refractivity contribution in [2.24, 2.45) is 4.99 Å². The second-order valence-electron chi connectivity index (χ2n) is 6.86. The summed E-state index contributed by atoms with van der Waals surface area (Å²) < 4.78 is 18.5. The van der Waals surface area contributed by atoms with Gasteiger partial charge in [-0.15, -0.1) is 0 Å². The van der Waals surface area contributed by atoms with E-state index in [2.05, 4.69) is 20.5 Å². The van der Waals surface area contributed by atoms with Crippen molar-refractivity contribution < 1.29 is 13.9 Å². The number of benzene rings is 1. The summed E-state index contributed by atoms with van der Waals surface area (Å²) in [5.74, 6) is 0.817. The summed E-state index contributed by atoms with van der Waals surface area (Å²) in [6, 6.07) is 10.0. The van der Waals surface area contributed by atoms with E-state index < -0.39 is 5.60 Å². The number of nitrogens with one attached hydrogen (secondary N) is 2. The Kier molecular flexibility index (Phi) is 7.38. The van der Waals surface area contributed by atoms with Crippen molar-refractivity contribution in [3.05, 3.63) is 59.8 Å². The lowest BCUT2D eigenvalue weighted by molar-refractivity contribution is 0.0437. The Labute approximate surface area is 160 Å². The second-order valence-corrected chi connectivity index (χ2v) is 6.86. The molecule has 27 heavy (non-hydrogen) atoms. The molecule has 0 aliphatic rings. The quantitative estimate of drug-likeness (QED) is 0.488. The van der Waals surface area contributed by atoms with E-state index in [0.29, 0.717) is 24.8 Å². The number of hydrogen-bond donors (Lipinski definition) is 3. The summed E-state index contributed by atoms with van der Waals surface area (Å²) in [5, 5.41) is 17.0.